The number of quaternary nitrogens is 1. The molecular formula is C26H28N3O4S+. The van der Waals surface area contributed by atoms with Gasteiger partial charge in [-0.05, 0) is 53.9 Å². The van der Waals surface area contributed by atoms with Gasteiger partial charge in [-0.1, -0.05) is 42.5 Å². The van der Waals surface area contributed by atoms with Gasteiger partial charge < -0.3 is 4.90 Å². The van der Waals surface area contributed by atoms with Crippen LogP contribution in [0.15, 0.2) is 65.6 Å². The normalized spacial score (nSPS) is 20.4. The van der Waals surface area contributed by atoms with Crippen molar-refractivity contribution in [3.05, 3.63) is 71.8 Å². The number of rotatable bonds is 4. The first kappa shape index (κ1) is 22.7. The van der Waals surface area contributed by atoms with Crippen LogP contribution < -0.4 is 9.80 Å². The van der Waals surface area contributed by atoms with Crippen molar-refractivity contribution in [3.63, 3.8) is 0 Å². The molecule has 3 aromatic carbocycles. The summed E-state index contributed by atoms with van der Waals surface area (Å²) in [4.78, 5) is 28.6. The van der Waals surface area contributed by atoms with Gasteiger partial charge >= 0.3 is 0 Å². The zero-order chi connectivity index (χ0) is 24.0. The number of nitrogens with one attached hydrogen (secondary N) is 1. The molecule has 0 saturated carbocycles. The van der Waals surface area contributed by atoms with E-state index >= 15 is 0 Å². The third-order valence-corrected chi connectivity index (χ3v) is 8.86. The first-order valence-electron chi connectivity index (χ1n) is 11.5. The molecule has 2 fully saturated rings. The summed E-state index contributed by atoms with van der Waals surface area (Å²) in [6.07, 6.45) is 0.152. The Hall–Kier alpha value is -3.07. The fourth-order valence-corrected chi connectivity index (χ4v) is 6.48. The van der Waals surface area contributed by atoms with E-state index in [0.29, 0.717) is 31.9 Å². The van der Waals surface area contributed by atoms with Crippen LogP contribution in [-0.2, 0) is 19.6 Å². The van der Waals surface area contributed by atoms with Crippen LogP contribution in [0.1, 0.15) is 17.5 Å². The Bertz CT molecular complexity index is 1390. The number of sulfonamides is 1. The molecule has 0 aliphatic carbocycles. The van der Waals surface area contributed by atoms with Gasteiger partial charge in [0.1, 0.15) is 0 Å². The van der Waals surface area contributed by atoms with Gasteiger partial charge in [-0.2, -0.15) is 4.31 Å². The first-order chi connectivity index (χ1) is 16.3. The quantitative estimate of drug-likeness (QED) is 0.579. The van der Waals surface area contributed by atoms with E-state index in [1.54, 1.807) is 12.1 Å². The maximum absolute atomic E-state index is 13.3. The molecule has 0 aromatic heterocycles. The molecule has 176 valence electrons. The molecule has 1 N–H and O–H groups in total. The second-order valence-electron chi connectivity index (χ2n) is 9.19. The minimum absolute atomic E-state index is 0.152. The highest BCUT2D eigenvalue weighted by Crippen LogP contribution is 2.27. The Morgan fingerprint density at radius 2 is 1.59 bits per heavy atom. The molecule has 1 atom stereocenters. The number of fused-ring (bicyclic) bond motifs is 1. The van der Waals surface area contributed by atoms with Crippen molar-refractivity contribution in [3.8, 4) is 0 Å². The molecule has 3 aromatic rings. The second kappa shape index (κ2) is 8.61. The maximum Gasteiger partial charge on any atom is 0.292 e. The predicted octanol–water partition coefficient (Wildman–Crippen LogP) is 1.68. The highest BCUT2D eigenvalue weighted by molar-refractivity contribution is 7.89. The summed E-state index contributed by atoms with van der Waals surface area (Å²) in [5, 5.41) is 1.88. The van der Waals surface area contributed by atoms with Crippen LogP contribution in [-0.4, -0.2) is 56.8 Å². The number of amides is 2. The van der Waals surface area contributed by atoms with Crippen LogP contribution in [0.5, 0.6) is 0 Å². The Morgan fingerprint density at radius 1 is 0.882 bits per heavy atom. The lowest BCUT2D eigenvalue weighted by molar-refractivity contribution is -0.918. The van der Waals surface area contributed by atoms with Crippen molar-refractivity contribution < 1.29 is 22.9 Å². The van der Waals surface area contributed by atoms with Crippen molar-refractivity contribution in [1.29, 1.82) is 0 Å². The lowest BCUT2D eigenvalue weighted by Crippen LogP contribution is -3.19. The molecule has 2 aliphatic rings. The Balaban J connectivity index is 1.30. The van der Waals surface area contributed by atoms with E-state index in [1.807, 2.05) is 62.4 Å². The molecule has 2 amide bonds. The summed E-state index contributed by atoms with van der Waals surface area (Å²) in [7, 11) is -3.63. The first-order valence-corrected chi connectivity index (χ1v) is 13.0. The van der Waals surface area contributed by atoms with Crippen molar-refractivity contribution in [2.45, 2.75) is 31.2 Å². The summed E-state index contributed by atoms with van der Waals surface area (Å²) >= 11 is 0. The molecular weight excluding hydrogens is 450 g/mol. The number of carbonyl (C=O) groups is 2. The zero-order valence-corrected chi connectivity index (χ0v) is 20.1. The van der Waals surface area contributed by atoms with Gasteiger partial charge in [0.15, 0.2) is 6.04 Å². The van der Waals surface area contributed by atoms with E-state index in [4.69, 9.17) is 0 Å². The number of carbonyl (C=O) groups excluding carboxylic acids is 2. The van der Waals surface area contributed by atoms with Gasteiger partial charge in [-0.25, -0.2) is 13.3 Å². The van der Waals surface area contributed by atoms with Gasteiger partial charge in [0.05, 0.1) is 43.2 Å². The van der Waals surface area contributed by atoms with Crippen LogP contribution in [0, 0.1) is 13.8 Å². The minimum atomic E-state index is -3.63. The number of imide groups is 1. The summed E-state index contributed by atoms with van der Waals surface area (Å²) < 4.78 is 28.0. The van der Waals surface area contributed by atoms with Crippen molar-refractivity contribution in [2.24, 2.45) is 0 Å². The van der Waals surface area contributed by atoms with E-state index < -0.39 is 16.1 Å². The molecule has 0 unspecified atom stereocenters. The van der Waals surface area contributed by atoms with Crippen molar-refractivity contribution >= 4 is 38.3 Å². The Labute approximate surface area is 199 Å². The number of nitrogens with zero attached hydrogens (tertiary/aromatic N) is 2. The third kappa shape index (κ3) is 3.91. The topological polar surface area (TPSA) is 79.2 Å². The van der Waals surface area contributed by atoms with Gasteiger partial charge in [0.2, 0.25) is 15.9 Å². The van der Waals surface area contributed by atoms with E-state index in [0.717, 1.165) is 26.8 Å². The molecule has 2 heterocycles. The number of hydrogen-bond donors (Lipinski definition) is 1. The average molecular weight is 479 g/mol. The van der Waals surface area contributed by atoms with E-state index in [2.05, 4.69) is 0 Å². The van der Waals surface area contributed by atoms with Gasteiger partial charge in [0, 0.05) is 0 Å². The lowest BCUT2D eigenvalue weighted by Gasteiger charge is -2.33. The molecule has 5 rings (SSSR count). The monoisotopic (exact) mass is 478 g/mol. The molecule has 7 nitrogen and oxygen atoms in total. The predicted molar refractivity (Wildman–Crippen MR) is 130 cm³/mol. The molecule has 0 radical (unpaired) electrons. The highest BCUT2D eigenvalue weighted by Gasteiger charge is 2.47. The summed E-state index contributed by atoms with van der Waals surface area (Å²) in [5.41, 5.74) is 2.52. The molecule has 2 saturated heterocycles. The lowest BCUT2D eigenvalue weighted by atomic mass is 10.1. The summed E-state index contributed by atoms with van der Waals surface area (Å²) in [5.74, 6) is -0.387. The number of benzene rings is 3. The van der Waals surface area contributed by atoms with E-state index in [-0.39, 0.29) is 23.1 Å². The van der Waals surface area contributed by atoms with Crippen molar-refractivity contribution in [1.82, 2.24) is 4.31 Å². The van der Waals surface area contributed by atoms with Gasteiger partial charge in [-0.15, -0.1) is 0 Å². The number of hydrogen-bond acceptors (Lipinski definition) is 4. The third-order valence-electron chi connectivity index (χ3n) is 6.97. The molecule has 0 spiro atoms. The van der Waals surface area contributed by atoms with Crippen LogP contribution in [0.2, 0.25) is 0 Å². The Kier molecular flexibility index (Phi) is 5.75. The standard InChI is InChI=1S/C26H27N3O4S/c1-18-7-8-19(2)23(15-18)29-25(30)17-24(26(29)31)27-11-13-28(14-12-27)34(32,33)22-10-9-20-5-3-4-6-21(20)16-22/h3-10,15-16,24H,11-14,17H2,1-2H3/p+1/t24-/m1/s1. The van der Waals surface area contributed by atoms with Gasteiger partial charge in [-0.3, -0.25) is 9.59 Å². The largest absolute Gasteiger partial charge is 0.322 e. The van der Waals surface area contributed by atoms with Gasteiger partial charge in [0.25, 0.3) is 5.91 Å². The van der Waals surface area contributed by atoms with E-state index in [1.165, 1.54) is 9.21 Å². The molecule has 8 heteroatoms. The minimum Gasteiger partial charge on any atom is -0.322 e. The summed E-state index contributed by atoms with van der Waals surface area (Å²) in [6.45, 7) is 5.42. The van der Waals surface area contributed by atoms with Crippen LogP contribution >= 0.6 is 0 Å². The fraction of sp³-hybridized carbons (Fsp3) is 0.308. The highest BCUT2D eigenvalue weighted by atomic mass is 32.2. The fourth-order valence-electron chi connectivity index (χ4n) is 5.00. The number of piperazine rings is 1. The summed E-state index contributed by atoms with van der Waals surface area (Å²) in [6, 6.07) is 18.1. The molecule has 0 bridgehead atoms. The average Bonchev–Trinajstić information content (AvgIpc) is 3.14. The van der Waals surface area contributed by atoms with Crippen LogP contribution in [0.25, 0.3) is 10.8 Å². The Morgan fingerprint density at radius 3 is 2.32 bits per heavy atom. The molecule has 34 heavy (non-hydrogen) atoms. The maximum atomic E-state index is 13.3. The van der Waals surface area contributed by atoms with E-state index in [9.17, 15) is 18.0 Å². The smallest absolute Gasteiger partial charge is 0.292 e. The molecule has 2 aliphatic heterocycles. The van der Waals surface area contributed by atoms with Crippen LogP contribution in [0.4, 0.5) is 5.69 Å². The number of anilines is 1. The van der Waals surface area contributed by atoms with Crippen molar-refractivity contribution in [2.75, 3.05) is 31.1 Å². The van der Waals surface area contributed by atoms with Crippen LogP contribution in [0.3, 0.4) is 0 Å². The number of aryl methyl sites for hydroxylation is 2. The zero-order valence-electron chi connectivity index (χ0n) is 19.3. The second-order valence-corrected chi connectivity index (χ2v) is 11.1. The SMILES string of the molecule is Cc1ccc(C)c(N2C(=O)C[C@@H]([NH+]3CCN(S(=O)(=O)c4ccc5ccccc5c4)CC3)C2=O)c1.